The van der Waals surface area contributed by atoms with Crippen LogP contribution in [0, 0.1) is 5.92 Å². The van der Waals surface area contributed by atoms with Crippen molar-refractivity contribution < 1.29 is 14.3 Å². The Labute approximate surface area is 107 Å². The Hall–Kier alpha value is -1.39. The van der Waals surface area contributed by atoms with Crippen molar-refractivity contribution in [3.8, 4) is 5.75 Å². The molecule has 0 aromatic heterocycles. The summed E-state index contributed by atoms with van der Waals surface area (Å²) in [5.41, 5.74) is 6.96. The van der Waals surface area contributed by atoms with Gasteiger partial charge >= 0.3 is 0 Å². The monoisotopic (exact) mass is 249 g/mol. The summed E-state index contributed by atoms with van der Waals surface area (Å²) in [4.78, 5) is 12.0. The van der Waals surface area contributed by atoms with E-state index in [0.717, 1.165) is 17.7 Å². The van der Waals surface area contributed by atoms with Gasteiger partial charge in [0.2, 0.25) is 0 Å². The van der Waals surface area contributed by atoms with Gasteiger partial charge < -0.3 is 15.2 Å². The molecule has 0 spiro atoms. The highest BCUT2D eigenvalue weighted by atomic mass is 16.5. The lowest BCUT2D eigenvalue weighted by Crippen LogP contribution is -2.34. The first kappa shape index (κ1) is 13.1. The first-order valence-electron chi connectivity index (χ1n) is 6.19. The Kier molecular flexibility index (Phi) is 4.33. The molecule has 0 bridgehead atoms. The Morgan fingerprint density at radius 1 is 1.39 bits per heavy atom. The fourth-order valence-electron chi connectivity index (χ4n) is 2.15. The number of carbonyl (C=O) groups excluding carboxylic acids is 1. The smallest absolute Gasteiger partial charge is 0.140 e. The molecule has 2 N–H and O–H groups in total. The van der Waals surface area contributed by atoms with Crippen LogP contribution in [0.5, 0.6) is 5.75 Å². The normalized spacial score (nSPS) is 23.0. The second kappa shape index (κ2) is 5.98. The summed E-state index contributed by atoms with van der Waals surface area (Å²) in [6.45, 7) is 0.974. The van der Waals surface area contributed by atoms with Crippen molar-refractivity contribution in [3.63, 3.8) is 0 Å². The summed E-state index contributed by atoms with van der Waals surface area (Å²) in [7, 11) is 1.64. The summed E-state index contributed by atoms with van der Waals surface area (Å²) in [6.07, 6.45) is 1.26. The average molecular weight is 249 g/mol. The summed E-state index contributed by atoms with van der Waals surface area (Å²) in [5.74, 6) is 0.912. The number of nitrogens with two attached hydrogens (primary N) is 1. The van der Waals surface area contributed by atoms with E-state index in [4.69, 9.17) is 15.2 Å². The van der Waals surface area contributed by atoms with Crippen molar-refractivity contribution in [3.05, 3.63) is 29.8 Å². The van der Waals surface area contributed by atoms with Gasteiger partial charge in [-0.05, 0) is 24.1 Å². The zero-order chi connectivity index (χ0) is 13.0. The number of Topliss-reactive ketones (excluding diaryl/α,β-unsaturated/α-hetero) is 1. The first-order valence-corrected chi connectivity index (χ1v) is 6.19. The topological polar surface area (TPSA) is 61.5 Å². The van der Waals surface area contributed by atoms with E-state index in [2.05, 4.69) is 0 Å². The van der Waals surface area contributed by atoms with Gasteiger partial charge in [-0.15, -0.1) is 0 Å². The summed E-state index contributed by atoms with van der Waals surface area (Å²) in [5, 5.41) is 0. The quantitative estimate of drug-likeness (QED) is 0.851. The number of ether oxygens (including phenoxy) is 2. The second-order valence-corrected chi connectivity index (χ2v) is 4.62. The highest BCUT2D eigenvalue weighted by Gasteiger charge is 2.30. The Morgan fingerprint density at radius 2 is 2.11 bits per heavy atom. The van der Waals surface area contributed by atoms with Crippen LogP contribution in [-0.2, 0) is 16.0 Å². The van der Waals surface area contributed by atoms with Crippen LogP contribution in [0.3, 0.4) is 0 Å². The number of ketones is 1. The molecule has 0 saturated carbocycles. The fourth-order valence-corrected chi connectivity index (χ4v) is 2.15. The van der Waals surface area contributed by atoms with Gasteiger partial charge in [-0.1, -0.05) is 12.1 Å². The van der Waals surface area contributed by atoms with Gasteiger partial charge in [0, 0.05) is 12.5 Å². The van der Waals surface area contributed by atoms with E-state index in [-0.39, 0.29) is 17.7 Å². The van der Waals surface area contributed by atoms with Crippen molar-refractivity contribution in [2.45, 2.75) is 18.9 Å². The van der Waals surface area contributed by atoms with E-state index in [9.17, 15) is 4.79 Å². The van der Waals surface area contributed by atoms with Crippen LogP contribution in [0.15, 0.2) is 24.3 Å². The van der Waals surface area contributed by atoms with E-state index in [1.807, 2.05) is 24.3 Å². The van der Waals surface area contributed by atoms with E-state index in [1.54, 1.807) is 7.11 Å². The molecule has 4 nitrogen and oxygen atoms in total. The van der Waals surface area contributed by atoms with Crippen LogP contribution in [0.4, 0.5) is 0 Å². The van der Waals surface area contributed by atoms with Crippen molar-refractivity contribution in [1.29, 1.82) is 0 Å². The minimum atomic E-state index is -0.131. The predicted molar refractivity (Wildman–Crippen MR) is 68.6 cm³/mol. The molecule has 2 rings (SSSR count). The highest BCUT2D eigenvalue weighted by molar-refractivity contribution is 5.82. The molecule has 2 unspecified atom stereocenters. The van der Waals surface area contributed by atoms with Gasteiger partial charge in [0.15, 0.2) is 0 Å². The van der Waals surface area contributed by atoms with Crippen molar-refractivity contribution >= 4 is 5.78 Å². The molecule has 98 valence electrons. The third kappa shape index (κ3) is 3.09. The number of methoxy groups -OCH3 is 1. The van der Waals surface area contributed by atoms with Crippen LogP contribution >= 0.6 is 0 Å². The van der Waals surface area contributed by atoms with Crippen LogP contribution in [0.25, 0.3) is 0 Å². The maximum Gasteiger partial charge on any atom is 0.140 e. The third-order valence-electron chi connectivity index (χ3n) is 3.36. The van der Waals surface area contributed by atoms with E-state index in [1.165, 1.54) is 0 Å². The van der Waals surface area contributed by atoms with Crippen molar-refractivity contribution in [1.82, 2.24) is 0 Å². The number of hydrogen-bond donors (Lipinski definition) is 1. The van der Waals surface area contributed by atoms with Gasteiger partial charge in [0.25, 0.3) is 0 Å². The molecule has 0 radical (unpaired) electrons. The predicted octanol–water partition coefficient (Wildman–Crippen LogP) is 1.17. The molecule has 2 atom stereocenters. The molecule has 1 fully saturated rings. The third-order valence-corrected chi connectivity index (χ3v) is 3.36. The molecule has 0 amide bonds. The molecule has 4 heteroatoms. The van der Waals surface area contributed by atoms with Gasteiger partial charge in [-0.3, -0.25) is 4.79 Å². The van der Waals surface area contributed by atoms with Crippen molar-refractivity contribution in [2.75, 3.05) is 20.3 Å². The minimum Gasteiger partial charge on any atom is -0.497 e. The molecule has 1 aliphatic heterocycles. The lowest BCUT2D eigenvalue weighted by atomic mass is 9.94. The highest BCUT2D eigenvalue weighted by Crippen LogP contribution is 2.17. The van der Waals surface area contributed by atoms with Gasteiger partial charge in [-0.25, -0.2) is 0 Å². The van der Waals surface area contributed by atoms with E-state index >= 15 is 0 Å². The van der Waals surface area contributed by atoms with Crippen LogP contribution in [0.1, 0.15) is 12.0 Å². The summed E-state index contributed by atoms with van der Waals surface area (Å²) in [6, 6.07) is 7.65. The Morgan fingerprint density at radius 3 is 2.67 bits per heavy atom. The zero-order valence-electron chi connectivity index (χ0n) is 10.6. The lowest BCUT2D eigenvalue weighted by Gasteiger charge is -2.11. The zero-order valence-corrected chi connectivity index (χ0v) is 10.6. The van der Waals surface area contributed by atoms with Crippen LogP contribution < -0.4 is 10.5 Å². The first-order chi connectivity index (χ1) is 8.70. The van der Waals surface area contributed by atoms with Crippen LogP contribution in [-0.4, -0.2) is 32.1 Å². The van der Waals surface area contributed by atoms with E-state index < -0.39 is 0 Å². The summed E-state index contributed by atoms with van der Waals surface area (Å²) >= 11 is 0. The molecule has 1 aliphatic rings. The fraction of sp³-hybridized carbons (Fsp3) is 0.500. The minimum absolute atomic E-state index is 0.122. The number of hydrogen-bond acceptors (Lipinski definition) is 4. The average Bonchev–Trinajstić information content (AvgIpc) is 2.83. The number of carbonyl (C=O) groups is 1. The van der Waals surface area contributed by atoms with Crippen molar-refractivity contribution in [2.24, 2.45) is 11.7 Å². The second-order valence-electron chi connectivity index (χ2n) is 4.62. The standard InChI is InChI=1S/C14H19NO3/c1-17-11-5-2-10(3-6-11)4-7-14(16)12-8-18-9-13(12)15/h2-3,5-6,12-13H,4,7-9,15H2,1H3. The Bertz CT molecular complexity index is 402. The maximum atomic E-state index is 12.0. The maximum absolute atomic E-state index is 12.0. The largest absolute Gasteiger partial charge is 0.497 e. The molecule has 0 aliphatic carbocycles. The summed E-state index contributed by atoms with van der Waals surface area (Å²) < 4.78 is 10.3. The molecule has 1 aromatic rings. The van der Waals surface area contributed by atoms with Gasteiger partial charge in [0.05, 0.1) is 26.2 Å². The number of rotatable bonds is 5. The molecule has 1 saturated heterocycles. The molecular formula is C14H19NO3. The molecule has 18 heavy (non-hydrogen) atoms. The lowest BCUT2D eigenvalue weighted by molar-refractivity contribution is -0.123. The van der Waals surface area contributed by atoms with Gasteiger partial charge in [0.1, 0.15) is 11.5 Å². The van der Waals surface area contributed by atoms with Crippen LogP contribution in [0.2, 0.25) is 0 Å². The van der Waals surface area contributed by atoms with E-state index in [0.29, 0.717) is 19.6 Å². The van der Waals surface area contributed by atoms with Gasteiger partial charge in [-0.2, -0.15) is 0 Å². The Balaban J connectivity index is 1.85. The molecule has 1 heterocycles. The SMILES string of the molecule is COc1ccc(CCC(=O)C2COCC2N)cc1. The number of benzene rings is 1. The molecule has 1 aromatic carbocycles. The molecular weight excluding hydrogens is 230 g/mol. The number of aryl methyl sites for hydroxylation is 1.